The Balaban J connectivity index is 0.00000300. The Morgan fingerprint density at radius 1 is 1.38 bits per heavy atom. The van der Waals surface area contributed by atoms with Gasteiger partial charge in [-0.3, -0.25) is 4.99 Å². The minimum Gasteiger partial charge on any atom is -0.356 e. The number of hydrogen-bond donors (Lipinski definition) is 2. The summed E-state index contributed by atoms with van der Waals surface area (Å²) in [4.78, 5) is 12.4. The van der Waals surface area contributed by atoms with E-state index in [2.05, 4.69) is 44.5 Å². The summed E-state index contributed by atoms with van der Waals surface area (Å²) in [6.45, 7) is 5.30. The van der Waals surface area contributed by atoms with Gasteiger partial charge in [-0.15, -0.1) is 35.3 Å². The van der Waals surface area contributed by atoms with Crippen LogP contribution in [0.25, 0.3) is 0 Å². The lowest BCUT2D eigenvalue weighted by Crippen LogP contribution is -2.47. The van der Waals surface area contributed by atoms with Crippen LogP contribution < -0.4 is 10.6 Å². The topological polar surface area (TPSA) is 80.0 Å². The maximum Gasteiger partial charge on any atom is 0.434 e. The highest BCUT2D eigenvalue weighted by Gasteiger charge is 2.33. The van der Waals surface area contributed by atoms with E-state index < -0.39 is 11.9 Å². The lowest BCUT2D eigenvalue weighted by atomic mass is 10.1. The standard InChI is InChI=1S/C17H24F3N7S.HI/c1-10(2)15-25-13-5-4-11(8-27(13)26-15)23-16(21-3)22-7-6-14-24-12(9-28-14)17(18,19)20;/h9-11H,4-8H2,1-3H3,(H2,21,22,23);1H. The van der Waals surface area contributed by atoms with Crippen molar-refractivity contribution in [3.63, 3.8) is 0 Å². The monoisotopic (exact) mass is 543 g/mol. The van der Waals surface area contributed by atoms with Gasteiger partial charge >= 0.3 is 6.18 Å². The number of nitrogens with zero attached hydrogens (tertiary/aromatic N) is 5. The van der Waals surface area contributed by atoms with Crippen molar-refractivity contribution in [2.75, 3.05) is 13.6 Å². The molecule has 3 rings (SSSR count). The van der Waals surface area contributed by atoms with Crippen molar-refractivity contribution in [2.24, 2.45) is 4.99 Å². The molecule has 2 aromatic heterocycles. The molecule has 0 radical (unpaired) electrons. The second-order valence-electron chi connectivity index (χ2n) is 6.98. The van der Waals surface area contributed by atoms with Crippen molar-refractivity contribution in [2.45, 2.75) is 57.8 Å². The summed E-state index contributed by atoms with van der Waals surface area (Å²) in [7, 11) is 1.67. The summed E-state index contributed by atoms with van der Waals surface area (Å²) < 4.78 is 39.8. The van der Waals surface area contributed by atoms with Gasteiger partial charge in [0.15, 0.2) is 17.5 Å². The number of thiazole rings is 1. The molecule has 0 spiro atoms. The van der Waals surface area contributed by atoms with Crippen molar-refractivity contribution in [1.82, 2.24) is 30.4 Å². The van der Waals surface area contributed by atoms with Gasteiger partial charge in [-0.2, -0.15) is 18.3 Å². The predicted octanol–water partition coefficient (Wildman–Crippen LogP) is 3.22. The molecule has 0 amide bonds. The summed E-state index contributed by atoms with van der Waals surface area (Å²) >= 11 is 1.02. The number of alkyl halides is 3. The number of fused-ring (bicyclic) bond motifs is 1. The number of halogens is 4. The third kappa shape index (κ3) is 6.27. The largest absolute Gasteiger partial charge is 0.434 e. The molecule has 2 aromatic rings. The molecule has 0 aliphatic carbocycles. The van der Waals surface area contributed by atoms with E-state index in [9.17, 15) is 13.2 Å². The third-order valence-corrected chi connectivity index (χ3v) is 5.34. The van der Waals surface area contributed by atoms with E-state index in [0.29, 0.717) is 36.4 Å². The first kappa shape index (κ1) is 23.8. The van der Waals surface area contributed by atoms with Crippen LogP contribution in [0.1, 0.15) is 48.5 Å². The number of aliphatic imine (C=N–C) groups is 1. The summed E-state index contributed by atoms with van der Waals surface area (Å²) in [5.74, 6) is 2.78. The third-order valence-electron chi connectivity index (χ3n) is 4.43. The van der Waals surface area contributed by atoms with E-state index in [-0.39, 0.29) is 30.0 Å². The molecule has 1 aliphatic heterocycles. The molecule has 1 atom stereocenters. The van der Waals surface area contributed by atoms with Crippen LogP contribution in [0.2, 0.25) is 0 Å². The summed E-state index contributed by atoms with van der Waals surface area (Å²) in [6.07, 6.45) is -2.24. The molecule has 7 nitrogen and oxygen atoms in total. The van der Waals surface area contributed by atoms with E-state index in [1.54, 1.807) is 7.05 Å². The lowest BCUT2D eigenvalue weighted by Gasteiger charge is -2.25. The fourth-order valence-electron chi connectivity index (χ4n) is 2.92. The Kier molecular flexibility index (Phi) is 8.26. The van der Waals surface area contributed by atoms with Gasteiger partial charge < -0.3 is 10.6 Å². The number of aryl methyl sites for hydroxylation is 1. The van der Waals surface area contributed by atoms with Gasteiger partial charge in [-0.25, -0.2) is 14.6 Å². The normalized spacial score (nSPS) is 17.1. The Morgan fingerprint density at radius 2 is 2.14 bits per heavy atom. The van der Waals surface area contributed by atoms with E-state index >= 15 is 0 Å². The molecule has 162 valence electrons. The smallest absolute Gasteiger partial charge is 0.356 e. The van der Waals surface area contributed by atoms with E-state index in [1.165, 1.54) is 0 Å². The molecular weight excluding hydrogens is 518 g/mol. The van der Waals surface area contributed by atoms with Gasteiger partial charge in [0.05, 0.1) is 11.6 Å². The van der Waals surface area contributed by atoms with Crippen molar-refractivity contribution in [3.05, 3.63) is 27.7 Å². The van der Waals surface area contributed by atoms with Crippen LogP contribution in [0.5, 0.6) is 0 Å². The van der Waals surface area contributed by atoms with Crippen molar-refractivity contribution in [1.29, 1.82) is 0 Å². The van der Waals surface area contributed by atoms with Gasteiger partial charge in [-0.1, -0.05) is 13.8 Å². The fourth-order valence-corrected chi connectivity index (χ4v) is 3.73. The first-order valence-electron chi connectivity index (χ1n) is 9.18. The number of guanidine groups is 1. The molecule has 2 N–H and O–H groups in total. The Bertz CT molecular complexity index is 831. The summed E-state index contributed by atoms with van der Waals surface area (Å²) in [6, 6.07) is 0.164. The second kappa shape index (κ2) is 10.0. The van der Waals surface area contributed by atoms with Crippen LogP contribution in [0.3, 0.4) is 0 Å². The molecule has 0 saturated carbocycles. The van der Waals surface area contributed by atoms with Gasteiger partial charge in [0.1, 0.15) is 5.82 Å². The molecule has 12 heteroatoms. The number of hydrogen-bond acceptors (Lipinski definition) is 5. The SMILES string of the molecule is CN=C(NCCc1nc(C(F)(F)F)cs1)NC1CCc2nc(C(C)C)nn2C1.I. The number of nitrogens with one attached hydrogen (secondary N) is 2. The minimum absolute atomic E-state index is 0. The molecule has 0 fully saturated rings. The zero-order valence-electron chi connectivity index (χ0n) is 16.5. The first-order chi connectivity index (χ1) is 13.3. The van der Waals surface area contributed by atoms with Crippen LogP contribution >= 0.6 is 35.3 Å². The Labute approximate surface area is 188 Å². The fraction of sp³-hybridized carbons (Fsp3) is 0.647. The number of aromatic nitrogens is 4. The molecule has 0 bridgehead atoms. The quantitative estimate of drug-likeness (QED) is 0.344. The zero-order chi connectivity index (χ0) is 20.3. The molecule has 1 unspecified atom stereocenters. The molecule has 0 saturated heterocycles. The zero-order valence-corrected chi connectivity index (χ0v) is 19.6. The Hall–Kier alpha value is -1.44. The second-order valence-corrected chi connectivity index (χ2v) is 7.92. The maximum atomic E-state index is 12.6. The van der Waals surface area contributed by atoms with Gasteiger partial charge in [0.2, 0.25) is 0 Å². The van der Waals surface area contributed by atoms with Crippen LogP contribution in [0.4, 0.5) is 13.2 Å². The van der Waals surface area contributed by atoms with Crippen LogP contribution in [0, 0.1) is 0 Å². The average Bonchev–Trinajstić information content (AvgIpc) is 3.27. The van der Waals surface area contributed by atoms with Crippen LogP contribution in [-0.2, 0) is 25.6 Å². The minimum atomic E-state index is -4.39. The van der Waals surface area contributed by atoms with E-state index in [4.69, 9.17) is 0 Å². The van der Waals surface area contributed by atoms with Gasteiger partial charge in [0, 0.05) is 43.8 Å². The van der Waals surface area contributed by atoms with E-state index in [0.717, 1.165) is 41.2 Å². The van der Waals surface area contributed by atoms with E-state index in [1.807, 2.05) is 4.68 Å². The first-order valence-corrected chi connectivity index (χ1v) is 10.1. The Morgan fingerprint density at radius 3 is 2.76 bits per heavy atom. The highest BCUT2D eigenvalue weighted by molar-refractivity contribution is 14.0. The molecule has 0 aromatic carbocycles. The molecule has 29 heavy (non-hydrogen) atoms. The highest BCUT2D eigenvalue weighted by Crippen LogP contribution is 2.30. The summed E-state index contributed by atoms with van der Waals surface area (Å²) in [5, 5.41) is 12.6. The molecular formula is C17H25F3IN7S. The van der Waals surface area contributed by atoms with Crippen molar-refractivity contribution < 1.29 is 13.2 Å². The van der Waals surface area contributed by atoms with Crippen LogP contribution in [0.15, 0.2) is 10.4 Å². The van der Waals surface area contributed by atoms with Gasteiger partial charge in [0.25, 0.3) is 0 Å². The highest BCUT2D eigenvalue weighted by atomic mass is 127. The van der Waals surface area contributed by atoms with Crippen LogP contribution in [-0.4, -0.2) is 45.3 Å². The van der Waals surface area contributed by atoms with Crippen molar-refractivity contribution in [3.8, 4) is 0 Å². The lowest BCUT2D eigenvalue weighted by molar-refractivity contribution is -0.140. The van der Waals surface area contributed by atoms with Gasteiger partial charge in [-0.05, 0) is 6.42 Å². The van der Waals surface area contributed by atoms with Crippen molar-refractivity contribution >= 4 is 41.3 Å². The molecule has 3 heterocycles. The molecule has 1 aliphatic rings. The maximum absolute atomic E-state index is 12.6. The average molecular weight is 543 g/mol. The number of rotatable bonds is 5. The predicted molar refractivity (Wildman–Crippen MR) is 117 cm³/mol. The summed E-state index contributed by atoms with van der Waals surface area (Å²) in [5.41, 5.74) is -0.832.